The van der Waals surface area contributed by atoms with Crippen molar-refractivity contribution in [2.24, 2.45) is 13.0 Å². The van der Waals surface area contributed by atoms with Crippen molar-refractivity contribution in [3.05, 3.63) is 121 Å². The van der Waals surface area contributed by atoms with Crippen molar-refractivity contribution in [2.75, 3.05) is 11.0 Å². The lowest BCUT2D eigenvalue weighted by Crippen LogP contribution is -2.38. The molecule has 0 spiro atoms. The predicted octanol–water partition coefficient (Wildman–Crippen LogP) is 7.09. The maximum absolute atomic E-state index is 15.5. The third-order valence-electron chi connectivity index (χ3n) is 11.0. The second kappa shape index (κ2) is 14.9. The van der Waals surface area contributed by atoms with Crippen LogP contribution in [0, 0.1) is 31.4 Å². The Kier molecular flexibility index (Phi) is 9.92. The van der Waals surface area contributed by atoms with Gasteiger partial charge in [-0.15, -0.1) is 0 Å². The summed E-state index contributed by atoms with van der Waals surface area (Å²) in [4.78, 5) is 43.1. The van der Waals surface area contributed by atoms with Crippen molar-refractivity contribution in [2.45, 2.75) is 57.5 Å². The van der Waals surface area contributed by atoms with Crippen molar-refractivity contribution in [1.29, 1.82) is 0 Å². The Morgan fingerprint density at radius 3 is 2.35 bits per heavy atom. The minimum atomic E-state index is -3.92. The van der Waals surface area contributed by atoms with E-state index in [2.05, 4.69) is 30.2 Å². The molecule has 63 heavy (non-hydrogen) atoms. The molecule has 22 heteroatoms. The molecule has 3 atom stereocenters. The van der Waals surface area contributed by atoms with Crippen molar-refractivity contribution >= 4 is 55.2 Å². The lowest BCUT2D eigenvalue weighted by atomic mass is 10.0. The van der Waals surface area contributed by atoms with Gasteiger partial charge < -0.3 is 5.32 Å². The lowest BCUT2D eigenvalue weighted by molar-refractivity contribution is -0.123. The molecule has 2 N–H and O–H groups in total. The zero-order valence-corrected chi connectivity index (χ0v) is 35.0. The topological polar surface area (TPSA) is 172 Å². The van der Waals surface area contributed by atoms with E-state index in [0.29, 0.717) is 33.5 Å². The highest BCUT2D eigenvalue weighted by Gasteiger charge is 2.67. The molecule has 14 nitrogen and oxygen atoms in total. The monoisotopic (exact) mass is 910 g/mol. The van der Waals surface area contributed by atoms with Gasteiger partial charge in [-0.1, -0.05) is 17.7 Å². The largest absolute Gasteiger partial charge is 0.344 e. The highest BCUT2D eigenvalue weighted by Crippen LogP contribution is 2.68. The van der Waals surface area contributed by atoms with E-state index in [0.717, 1.165) is 23.0 Å². The van der Waals surface area contributed by atoms with Gasteiger partial charge in [-0.25, -0.2) is 40.9 Å². The van der Waals surface area contributed by atoms with E-state index in [1.54, 1.807) is 26.0 Å². The molecule has 1 unspecified atom stereocenters. The van der Waals surface area contributed by atoms with Crippen molar-refractivity contribution in [3.8, 4) is 17.1 Å². The number of rotatable bonds is 11. The summed E-state index contributed by atoms with van der Waals surface area (Å²) in [5, 5.41) is 10.8. The van der Waals surface area contributed by atoms with E-state index in [4.69, 9.17) is 16.6 Å². The fourth-order valence-electron chi connectivity index (χ4n) is 8.57. The van der Waals surface area contributed by atoms with Gasteiger partial charge in [0.15, 0.2) is 11.6 Å². The van der Waals surface area contributed by atoms with E-state index in [-0.39, 0.29) is 61.7 Å². The number of sulfonamides is 1. The van der Waals surface area contributed by atoms with Gasteiger partial charge in [0.2, 0.25) is 15.9 Å². The Balaban J connectivity index is 1.26. The molecule has 0 saturated heterocycles. The maximum atomic E-state index is 15.5. The van der Waals surface area contributed by atoms with Crippen LogP contribution in [0.3, 0.4) is 0 Å². The number of carbonyl (C=O) groups is 1. The van der Waals surface area contributed by atoms with E-state index in [1.165, 1.54) is 36.0 Å². The number of benzene rings is 3. The van der Waals surface area contributed by atoms with Gasteiger partial charge in [-0.3, -0.25) is 28.2 Å². The predicted molar refractivity (Wildman–Crippen MR) is 218 cm³/mol. The quantitative estimate of drug-likeness (QED) is 0.129. The number of nitrogens with one attached hydrogen (secondary N) is 2. The zero-order chi connectivity index (χ0) is 45.0. The van der Waals surface area contributed by atoms with E-state index in [9.17, 15) is 30.8 Å². The van der Waals surface area contributed by atoms with Crippen molar-refractivity contribution in [1.82, 2.24) is 44.4 Å². The van der Waals surface area contributed by atoms with Crippen LogP contribution in [-0.2, 0) is 40.8 Å². The molecule has 1 saturated carbocycles. The number of alkyl halides is 4. The summed E-state index contributed by atoms with van der Waals surface area (Å²) in [6.07, 6.45) is -2.79. The summed E-state index contributed by atoms with van der Waals surface area (Å²) < 4.78 is 119. The standard InChI is InChI=1S/C41H33ClF6N10O4S/c1-17-9-18(2)50-37(49-17)20-5-6-23-27(13-20)52-39(58(40(23)60)29-8-7-26(42)32-34(29)56(3)54-38(32)55-63(4,61)62)28(12-19-10-21(43)14-22(44)11-19)51-30(59)16-57-35-31(33(53-57)36(45)46)24-15-25(24)41(35,47)48/h5-11,13-14,24-25,28,36H,12,15-16H2,1-4H3,(H,51,59)(H,54,55)/t24?,25-,28+/m1/s1. The van der Waals surface area contributed by atoms with Crippen molar-refractivity contribution < 1.29 is 39.6 Å². The molecular formula is C41H33ClF6N10O4S. The number of hydrogen-bond donors (Lipinski definition) is 2. The first-order valence-corrected chi connectivity index (χ1v) is 21.5. The average Bonchev–Trinajstić information content (AvgIpc) is 3.72. The van der Waals surface area contributed by atoms with Crippen LogP contribution in [-0.4, -0.2) is 59.7 Å². The number of halogens is 7. The van der Waals surface area contributed by atoms with Gasteiger partial charge in [0.25, 0.3) is 17.9 Å². The van der Waals surface area contributed by atoms with Crippen LogP contribution in [0.1, 0.15) is 64.5 Å². The number of nitrogens with zero attached hydrogens (tertiary/aromatic N) is 8. The van der Waals surface area contributed by atoms with Gasteiger partial charge >= 0.3 is 0 Å². The summed E-state index contributed by atoms with van der Waals surface area (Å²) in [6, 6.07) is 10.2. The molecule has 9 rings (SSSR count). The first-order valence-electron chi connectivity index (χ1n) is 19.2. The van der Waals surface area contributed by atoms with Crippen molar-refractivity contribution in [3.63, 3.8) is 0 Å². The number of fused-ring (bicyclic) bond motifs is 5. The van der Waals surface area contributed by atoms with E-state index >= 15 is 13.6 Å². The smallest absolute Gasteiger partial charge is 0.293 e. The SMILES string of the molecule is Cc1cc(C)nc(-c2ccc3c(=O)n(-c4ccc(Cl)c5c(NS(C)(=O)=O)nn(C)c45)c([C@H](Cc4cc(F)cc(F)c4)NC(=O)Cn4nc(C(F)F)c5c4C(F)(F)[C@@H]4CC54)nc3c2)n1. The van der Waals surface area contributed by atoms with Gasteiger partial charge in [-0.05, 0) is 74.2 Å². The number of aromatic nitrogens is 8. The van der Waals surface area contributed by atoms with Crippen LogP contribution in [0.2, 0.25) is 5.02 Å². The molecule has 2 aliphatic carbocycles. The zero-order valence-electron chi connectivity index (χ0n) is 33.4. The highest BCUT2D eigenvalue weighted by atomic mass is 35.5. The van der Waals surface area contributed by atoms with Crippen LogP contribution in [0.5, 0.6) is 0 Å². The Bertz CT molecular complexity index is 3220. The number of hydrogen-bond acceptors (Lipinski definition) is 9. The molecule has 1 amide bonds. The summed E-state index contributed by atoms with van der Waals surface area (Å²) in [5.41, 5.74) is -0.814. The molecule has 0 bridgehead atoms. The number of anilines is 1. The first-order chi connectivity index (χ1) is 29.7. The van der Waals surface area contributed by atoms with E-state index < -0.39 is 87.7 Å². The fourth-order valence-corrected chi connectivity index (χ4v) is 9.31. The van der Waals surface area contributed by atoms with Crippen LogP contribution in [0.4, 0.5) is 32.2 Å². The number of aryl methyl sites for hydroxylation is 3. The summed E-state index contributed by atoms with van der Waals surface area (Å²) in [5.74, 6) is -8.77. The van der Waals surface area contributed by atoms with Gasteiger partial charge in [0.1, 0.15) is 35.4 Å². The summed E-state index contributed by atoms with van der Waals surface area (Å²) in [7, 11) is -2.46. The maximum Gasteiger partial charge on any atom is 0.293 e. The number of amides is 1. The second-order valence-electron chi connectivity index (χ2n) is 15.7. The van der Waals surface area contributed by atoms with Crippen LogP contribution in [0.15, 0.2) is 59.4 Å². The minimum Gasteiger partial charge on any atom is -0.344 e. The highest BCUT2D eigenvalue weighted by molar-refractivity contribution is 7.92. The third kappa shape index (κ3) is 7.45. The molecule has 4 heterocycles. The molecular weight excluding hydrogens is 878 g/mol. The second-order valence-corrected chi connectivity index (χ2v) is 17.9. The molecule has 7 aromatic rings. The molecule has 4 aromatic heterocycles. The summed E-state index contributed by atoms with van der Waals surface area (Å²) >= 11 is 6.64. The fraction of sp³-hybridized carbons (Fsp3) is 0.293. The summed E-state index contributed by atoms with van der Waals surface area (Å²) in [6.45, 7) is 2.56. The average molecular weight is 911 g/mol. The van der Waals surface area contributed by atoms with Gasteiger partial charge in [-0.2, -0.15) is 19.0 Å². The molecule has 1 fully saturated rings. The minimum absolute atomic E-state index is 0.00714. The normalized spacial score (nSPS) is 17.0. The Hall–Kier alpha value is -6.35. The molecule has 326 valence electrons. The third-order valence-corrected chi connectivity index (χ3v) is 11.9. The Labute approximate surface area is 358 Å². The van der Waals surface area contributed by atoms with Crippen LogP contribution >= 0.6 is 11.6 Å². The number of carbonyl (C=O) groups excluding carboxylic acids is 1. The Morgan fingerprint density at radius 2 is 1.68 bits per heavy atom. The molecule has 3 aromatic carbocycles. The Morgan fingerprint density at radius 1 is 0.984 bits per heavy atom. The van der Waals surface area contributed by atoms with Gasteiger partial charge in [0, 0.05) is 48.0 Å². The lowest BCUT2D eigenvalue weighted by Gasteiger charge is -2.24. The van der Waals surface area contributed by atoms with Crippen LogP contribution in [0.25, 0.3) is 38.9 Å². The first kappa shape index (κ1) is 42.0. The van der Waals surface area contributed by atoms with Gasteiger partial charge in [0.05, 0.1) is 44.8 Å². The molecule has 0 radical (unpaired) electrons. The van der Waals surface area contributed by atoms with Crippen LogP contribution < -0.4 is 15.6 Å². The molecule has 0 aliphatic heterocycles. The van der Waals surface area contributed by atoms with E-state index in [1.807, 2.05) is 0 Å². The molecule has 2 aliphatic rings.